The van der Waals surface area contributed by atoms with Gasteiger partial charge < -0.3 is 15.8 Å². The number of carbonyl (C=O) groups is 1. The van der Waals surface area contributed by atoms with Gasteiger partial charge >= 0.3 is 0 Å². The Kier molecular flexibility index (Phi) is 5.03. The topological polar surface area (TPSA) is 64.3 Å². The number of ether oxygens (including phenoxy) is 1. The fourth-order valence-electron chi connectivity index (χ4n) is 1.33. The van der Waals surface area contributed by atoms with Crippen molar-refractivity contribution in [1.82, 2.24) is 5.32 Å². The van der Waals surface area contributed by atoms with Crippen LogP contribution < -0.4 is 15.8 Å². The number of carbonyl (C=O) groups excluding carboxylic acids is 1. The molecule has 0 radical (unpaired) electrons. The lowest BCUT2D eigenvalue weighted by Crippen LogP contribution is -2.34. The van der Waals surface area contributed by atoms with Crippen LogP contribution in [0.15, 0.2) is 18.2 Å². The number of hydrogen-bond donors (Lipinski definition) is 2. The first-order valence-corrected chi connectivity index (χ1v) is 5.78. The van der Waals surface area contributed by atoms with E-state index < -0.39 is 11.7 Å². The number of methoxy groups -OCH3 is 1. The summed E-state index contributed by atoms with van der Waals surface area (Å²) in [6, 6.07) is 4.20. The van der Waals surface area contributed by atoms with Crippen molar-refractivity contribution in [2.24, 2.45) is 11.7 Å². The smallest absolute Gasteiger partial charge is 0.258 e. The van der Waals surface area contributed by atoms with Gasteiger partial charge in [0.15, 0.2) is 0 Å². The summed E-state index contributed by atoms with van der Waals surface area (Å²) >= 11 is 4.79. The number of halogens is 1. The quantitative estimate of drug-likeness (QED) is 0.796. The van der Waals surface area contributed by atoms with Gasteiger partial charge in [0.1, 0.15) is 17.1 Å². The van der Waals surface area contributed by atoms with Crippen molar-refractivity contribution >= 4 is 23.1 Å². The van der Waals surface area contributed by atoms with Crippen LogP contribution in [0.4, 0.5) is 4.39 Å². The zero-order valence-corrected chi connectivity index (χ0v) is 11.0. The maximum absolute atomic E-state index is 13.6. The van der Waals surface area contributed by atoms with Gasteiger partial charge in [0.25, 0.3) is 5.91 Å². The van der Waals surface area contributed by atoms with Crippen LogP contribution in [0.2, 0.25) is 0 Å². The maximum Gasteiger partial charge on any atom is 0.258 e. The molecular weight excluding hydrogens is 255 g/mol. The summed E-state index contributed by atoms with van der Waals surface area (Å²) in [5.74, 6) is -1.14. The van der Waals surface area contributed by atoms with E-state index in [0.717, 1.165) is 0 Å². The lowest BCUT2D eigenvalue weighted by molar-refractivity contribution is 0.0944. The number of thiocarbonyl (C=S) groups is 1. The highest BCUT2D eigenvalue weighted by Crippen LogP contribution is 2.20. The van der Waals surface area contributed by atoms with Crippen molar-refractivity contribution in [3.63, 3.8) is 0 Å². The lowest BCUT2D eigenvalue weighted by atomic mass is 10.1. The van der Waals surface area contributed by atoms with Crippen molar-refractivity contribution in [1.29, 1.82) is 0 Å². The van der Waals surface area contributed by atoms with Crippen LogP contribution >= 0.6 is 12.2 Å². The van der Waals surface area contributed by atoms with E-state index in [9.17, 15) is 9.18 Å². The van der Waals surface area contributed by atoms with Crippen molar-refractivity contribution in [3.8, 4) is 5.75 Å². The van der Waals surface area contributed by atoms with Gasteiger partial charge in [-0.2, -0.15) is 0 Å². The average molecular weight is 270 g/mol. The molecule has 1 unspecified atom stereocenters. The van der Waals surface area contributed by atoms with Gasteiger partial charge in [-0.05, 0) is 12.1 Å². The first kappa shape index (κ1) is 14.4. The molecule has 0 saturated heterocycles. The van der Waals surface area contributed by atoms with E-state index in [2.05, 4.69) is 5.32 Å². The van der Waals surface area contributed by atoms with Crippen LogP contribution in [0.1, 0.15) is 17.3 Å². The third-order valence-corrected chi connectivity index (χ3v) is 2.88. The molecule has 1 aromatic rings. The third kappa shape index (κ3) is 3.40. The largest absolute Gasteiger partial charge is 0.496 e. The third-order valence-electron chi connectivity index (χ3n) is 2.48. The fourth-order valence-corrected chi connectivity index (χ4v) is 1.41. The predicted octanol–water partition coefficient (Wildman–Crippen LogP) is 1.49. The van der Waals surface area contributed by atoms with Crippen molar-refractivity contribution < 1.29 is 13.9 Å². The Bertz CT molecular complexity index is 465. The second-order valence-corrected chi connectivity index (χ2v) is 4.30. The van der Waals surface area contributed by atoms with Crippen LogP contribution in [-0.2, 0) is 0 Å². The van der Waals surface area contributed by atoms with E-state index in [1.807, 2.05) is 0 Å². The highest BCUT2D eigenvalue weighted by Gasteiger charge is 2.18. The number of nitrogens with two attached hydrogens (primary N) is 1. The molecule has 0 aromatic heterocycles. The SMILES string of the molecule is COc1cccc(F)c1C(=O)NCC(C)C(N)=S. The Morgan fingerprint density at radius 3 is 2.83 bits per heavy atom. The molecule has 1 aromatic carbocycles. The average Bonchev–Trinajstić information content (AvgIpc) is 2.34. The van der Waals surface area contributed by atoms with Crippen LogP contribution in [0.25, 0.3) is 0 Å². The maximum atomic E-state index is 13.6. The molecule has 98 valence electrons. The molecule has 0 aliphatic carbocycles. The summed E-state index contributed by atoms with van der Waals surface area (Å²) in [5.41, 5.74) is 5.31. The standard InChI is InChI=1S/C12H15FN2O2S/c1-7(11(14)18)6-15-12(16)10-8(13)4-3-5-9(10)17-2/h3-5,7H,6H2,1-2H3,(H2,14,18)(H,15,16). The summed E-state index contributed by atoms with van der Waals surface area (Å²) in [4.78, 5) is 12.2. The highest BCUT2D eigenvalue weighted by molar-refractivity contribution is 7.80. The van der Waals surface area contributed by atoms with Crippen LogP contribution in [0, 0.1) is 11.7 Å². The van der Waals surface area contributed by atoms with E-state index in [4.69, 9.17) is 22.7 Å². The molecule has 1 amide bonds. The number of nitrogens with one attached hydrogen (secondary N) is 1. The van der Waals surface area contributed by atoms with Crippen LogP contribution in [-0.4, -0.2) is 24.6 Å². The monoisotopic (exact) mass is 270 g/mol. The number of rotatable bonds is 5. The first-order valence-electron chi connectivity index (χ1n) is 5.37. The molecule has 1 atom stereocenters. The van der Waals surface area contributed by atoms with E-state index in [1.54, 1.807) is 6.92 Å². The second kappa shape index (κ2) is 6.30. The first-order chi connectivity index (χ1) is 8.47. The van der Waals surface area contributed by atoms with Crippen molar-refractivity contribution in [3.05, 3.63) is 29.6 Å². The molecule has 3 N–H and O–H groups in total. The molecule has 1 rings (SSSR count). The molecule has 0 saturated carbocycles. The number of hydrogen-bond acceptors (Lipinski definition) is 3. The van der Waals surface area contributed by atoms with Gasteiger partial charge in [0.2, 0.25) is 0 Å². The highest BCUT2D eigenvalue weighted by atomic mass is 32.1. The summed E-state index contributed by atoms with van der Waals surface area (Å²) < 4.78 is 18.5. The van der Waals surface area contributed by atoms with Gasteiger partial charge in [-0.3, -0.25) is 4.79 Å². The van der Waals surface area contributed by atoms with E-state index in [-0.39, 0.29) is 23.8 Å². The summed E-state index contributed by atoms with van der Waals surface area (Å²) in [6.07, 6.45) is 0. The van der Waals surface area contributed by atoms with Gasteiger partial charge in [-0.1, -0.05) is 25.2 Å². The van der Waals surface area contributed by atoms with E-state index >= 15 is 0 Å². The molecule has 0 fully saturated rings. The van der Waals surface area contributed by atoms with E-state index in [0.29, 0.717) is 4.99 Å². The molecule has 4 nitrogen and oxygen atoms in total. The Morgan fingerprint density at radius 2 is 2.28 bits per heavy atom. The zero-order valence-electron chi connectivity index (χ0n) is 10.2. The number of amides is 1. The molecule has 0 heterocycles. The molecule has 6 heteroatoms. The second-order valence-electron chi connectivity index (χ2n) is 3.83. The van der Waals surface area contributed by atoms with Gasteiger partial charge in [0, 0.05) is 12.5 Å². The van der Waals surface area contributed by atoms with Gasteiger partial charge in [-0.15, -0.1) is 0 Å². The van der Waals surface area contributed by atoms with Crippen LogP contribution in [0.5, 0.6) is 5.75 Å². The molecule has 18 heavy (non-hydrogen) atoms. The Morgan fingerprint density at radius 1 is 1.61 bits per heavy atom. The van der Waals surface area contributed by atoms with Crippen molar-refractivity contribution in [2.45, 2.75) is 6.92 Å². The minimum absolute atomic E-state index is 0.116. The molecule has 0 aliphatic heterocycles. The Balaban J connectivity index is 2.81. The number of benzene rings is 1. The lowest BCUT2D eigenvalue weighted by Gasteiger charge is -2.13. The van der Waals surface area contributed by atoms with Crippen molar-refractivity contribution in [2.75, 3.05) is 13.7 Å². The van der Waals surface area contributed by atoms with Gasteiger partial charge in [0.05, 0.1) is 12.1 Å². The van der Waals surface area contributed by atoms with Gasteiger partial charge in [-0.25, -0.2) is 4.39 Å². The zero-order chi connectivity index (χ0) is 13.7. The molecule has 0 aliphatic rings. The Hall–Kier alpha value is -1.69. The molecular formula is C12H15FN2O2S. The normalized spacial score (nSPS) is 11.7. The minimum Gasteiger partial charge on any atom is -0.496 e. The Labute approximate surface area is 110 Å². The summed E-state index contributed by atoms with van der Waals surface area (Å²) in [7, 11) is 1.38. The fraction of sp³-hybridized carbons (Fsp3) is 0.333. The summed E-state index contributed by atoms with van der Waals surface area (Å²) in [6.45, 7) is 2.03. The molecule has 0 spiro atoms. The van der Waals surface area contributed by atoms with E-state index in [1.165, 1.54) is 25.3 Å². The van der Waals surface area contributed by atoms with Crippen LogP contribution in [0.3, 0.4) is 0 Å². The minimum atomic E-state index is -0.630. The molecule has 0 bridgehead atoms. The summed E-state index contributed by atoms with van der Waals surface area (Å²) in [5, 5.41) is 2.57. The predicted molar refractivity (Wildman–Crippen MR) is 71.2 cm³/mol.